The fraction of sp³-hybridized carbons (Fsp3) is 0.500. The lowest BCUT2D eigenvalue weighted by Gasteiger charge is -2.31. The largest absolute Gasteiger partial charge is 0.338 e. The molecule has 25 heavy (non-hydrogen) atoms. The first-order valence-corrected chi connectivity index (χ1v) is 9.99. The van der Waals surface area contributed by atoms with Crippen molar-refractivity contribution in [2.75, 3.05) is 26.2 Å². The zero-order chi connectivity index (χ0) is 17.6. The average Bonchev–Trinajstić information content (AvgIpc) is 3.01. The zero-order valence-electron chi connectivity index (χ0n) is 15.1. The van der Waals surface area contributed by atoms with E-state index in [9.17, 15) is 4.79 Å². The quantitative estimate of drug-likeness (QED) is 0.860. The van der Waals surface area contributed by atoms with Crippen LogP contribution in [0.15, 0.2) is 30.3 Å². The van der Waals surface area contributed by atoms with Gasteiger partial charge in [0.25, 0.3) is 5.91 Å². The van der Waals surface area contributed by atoms with Crippen molar-refractivity contribution in [1.82, 2.24) is 15.2 Å². The SMILES string of the molecule is CCNCC1CCN(C(=O)c2sc(Cc3ccccc3)nc2C)CC1. The molecule has 0 atom stereocenters. The van der Waals surface area contributed by atoms with Gasteiger partial charge in [0.15, 0.2) is 0 Å². The molecule has 1 aliphatic heterocycles. The van der Waals surface area contributed by atoms with Gasteiger partial charge in [-0.2, -0.15) is 0 Å². The second kappa shape index (κ2) is 8.59. The molecule has 1 fully saturated rings. The number of amides is 1. The topological polar surface area (TPSA) is 45.2 Å². The number of piperidine rings is 1. The number of aryl methyl sites for hydroxylation is 1. The van der Waals surface area contributed by atoms with Crippen molar-refractivity contribution in [1.29, 1.82) is 0 Å². The standard InChI is InChI=1S/C20H27N3OS/c1-3-21-14-17-9-11-23(12-10-17)20(24)19-15(2)22-18(25-19)13-16-7-5-4-6-8-16/h4-8,17,21H,3,9-14H2,1-2H3. The second-order valence-corrected chi connectivity index (χ2v) is 7.81. The van der Waals surface area contributed by atoms with Crippen LogP contribution < -0.4 is 5.32 Å². The van der Waals surface area contributed by atoms with E-state index in [2.05, 4.69) is 29.4 Å². The molecule has 1 N–H and O–H groups in total. The monoisotopic (exact) mass is 357 g/mol. The molecule has 0 aliphatic carbocycles. The molecule has 0 unspecified atom stereocenters. The molecular weight excluding hydrogens is 330 g/mol. The number of carbonyl (C=O) groups is 1. The summed E-state index contributed by atoms with van der Waals surface area (Å²) in [6.45, 7) is 7.90. The van der Waals surface area contributed by atoms with Gasteiger partial charge in [-0.15, -0.1) is 11.3 Å². The van der Waals surface area contributed by atoms with Crippen LogP contribution in [0.1, 0.15) is 45.7 Å². The van der Waals surface area contributed by atoms with Crippen LogP contribution in [0.3, 0.4) is 0 Å². The van der Waals surface area contributed by atoms with E-state index < -0.39 is 0 Å². The maximum atomic E-state index is 12.9. The van der Waals surface area contributed by atoms with Gasteiger partial charge in [-0.3, -0.25) is 4.79 Å². The second-order valence-electron chi connectivity index (χ2n) is 6.73. The van der Waals surface area contributed by atoms with Gasteiger partial charge in [0.1, 0.15) is 4.88 Å². The number of benzene rings is 1. The highest BCUT2D eigenvalue weighted by Crippen LogP contribution is 2.25. The van der Waals surface area contributed by atoms with Gasteiger partial charge in [-0.25, -0.2) is 4.98 Å². The van der Waals surface area contributed by atoms with Crippen molar-refractivity contribution in [3.05, 3.63) is 51.5 Å². The lowest BCUT2D eigenvalue weighted by molar-refractivity contribution is 0.0694. The van der Waals surface area contributed by atoms with Gasteiger partial charge in [-0.1, -0.05) is 37.3 Å². The lowest BCUT2D eigenvalue weighted by atomic mass is 9.96. The Kier molecular flexibility index (Phi) is 6.21. The molecule has 1 aromatic carbocycles. The Morgan fingerprint density at radius 1 is 1.28 bits per heavy atom. The van der Waals surface area contributed by atoms with Crippen molar-refractivity contribution < 1.29 is 4.79 Å². The summed E-state index contributed by atoms with van der Waals surface area (Å²) in [5.74, 6) is 0.858. The number of nitrogens with one attached hydrogen (secondary N) is 1. The first-order valence-electron chi connectivity index (χ1n) is 9.17. The molecule has 1 aromatic heterocycles. The Bertz CT molecular complexity index is 690. The molecule has 3 rings (SSSR count). The molecule has 1 aliphatic rings. The maximum Gasteiger partial charge on any atom is 0.265 e. The highest BCUT2D eigenvalue weighted by atomic mass is 32.1. The third-order valence-electron chi connectivity index (χ3n) is 4.82. The van der Waals surface area contributed by atoms with Crippen molar-refractivity contribution in [2.24, 2.45) is 5.92 Å². The van der Waals surface area contributed by atoms with Gasteiger partial charge in [0.2, 0.25) is 0 Å². The van der Waals surface area contributed by atoms with Crippen LogP contribution in [0.25, 0.3) is 0 Å². The number of aromatic nitrogens is 1. The normalized spacial score (nSPS) is 15.5. The number of nitrogens with zero attached hydrogens (tertiary/aromatic N) is 2. The number of hydrogen-bond acceptors (Lipinski definition) is 4. The molecule has 1 amide bonds. The summed E-state index contributed by atoms with van der Waals surface area (Å²) in [4.78, 5) is 20.4. The van der Waals surface area contributed by atoms with E-state index in [4.69, 9.17) is 0 Å². The van der Waals surface area contributed by atoms with E-state index in [-0.39, 0.29) is 5.91 Å². The van der Waals surface area contributed by atoms with Crippen LogP contribution in [0.5, 0.6) is 0 Å². The van der Waals surface area contributed by atoms with Crippen LogP contribution in [0.2, 0.25) is 0 Å². The van der Waals surface area contributed by atoms with Crippen LogP contribution in [0, 0.1) is 12.8 Å². The minimum atomic E-state index is 0.163. The van der Waals surface area contributed by atoms with E-state index in [0.29, 0.717) is 5.92 Å². The van der Waals surface area contributed by atoms with Gasteiger partial charge >= 0.3 is 0 Å². The number of rotatable bonds is 6. The van der Waals surface area contributed by atoms with Crippen molar-refractivity contribution in [3.63, 3.8) is 0 Å². The number of carbonyl (C=O) groups excluding carboxylic acids is 1. The molecule has 0 saturated carbocycles. The average molecular weight is 358 g/mol. The molecule has 2 heterocycles. The van der Waals surface area contributed by atoms with E-state index in [1.165, 1.54) is 5.56 Å². The highest BCUT2D eigenvalue weighted by molar-refractivity contribution is 7.13. The van der Waals surface area contributed by atoms with Gasteiger partial charge in [-0.05, 0) is 44.3 Å². The molecule has 134 valence electrons. The maximum absolute atomic E-state index is 12.9. The summed E-state index contributed by atoms with van der Waals surface area (Å²) in [7, 11) is 0. The number of likely N-dealkylation sites (tertiary alicyclic amines) is 1. The minimum absolute atomic E-state index is 0.163. The molecule has 0 spiro atoms. The summed E-state index contributed by atoms with van der Waals surface area (Å²) >= 11 is 1.56. The fourth-order valence-corrected chi connectivity index (χ4v) is 4.40. The summed E-state index contributed by atoms with van der Waals surface area (Å²) in [6.07, 6.45) is 2.98. The molecule has 0 bridgehead atoms. The minimum Gasteiger partial charge on any atom is -0.338 e. The predicted octanol–water partition coefficient (Wildman–Crippen LogP) is 3.50. The summed E-state index contributed by atoms with van der Waals surface area (Å²) in [6, 6.07) is 10.3. The molecule has 0 radical (unpaired) electrons. The Morgan fingerprint density at radius 3 is 2.68 bits per heavy atom. The summed E-state index contributed by atoms with van der Waals surface area (Å²) < 4.78 is 0. The summed E-state index contributed by atoms with van der Waals surface area (Å²) in [5.41, 5.74) is 2.11. The Hall–Kier alpha value is -1.72. The van der Waals surface area contributed by atoms with Crippen LogP contribution in [-0.2, 0) is 6.42 Å². The predicted molar refractivity (Wildman–Crippen MR) is 103 cm³/mol. The van der Waals surface area contributed by atoms with Crippen molar-refractivity contribution in [3.8, 4) is 0 Å². The first kappa shape index (κ1) is 18.1. The van der Waals surface area contributed by atoms with Gasteiger partial charge in [0, 0.05) is 19.5 Å². The molecule has 4 nitrogen and oxygen atoms in total. The zero-order valence-corrected chi connectivity index (χ0v) is 15.9. The van der Waals surface area contributed by atoms with Crippen LogP contribution >= 0.6 is 11.3 Å². The van der Waals surface area contributed by atoms with E-state index in [1.807, 2.05) is 30.0 Å². The third-order valence-corrected chi connectivity index (χ3v) is 5.96. The van der Waals surface area contributed by atoms with Crippen LogP contribution in [0.4, 0.5) is 0 Å². The van der Waals surface area contributed by atoms with E-state index in [0.717, 1.165) is 61.0 Å². The first-order chi connectivity index (χ1) is 12.2. The number of thiazole rings is 1. The molecule has 2 aromatic rings. The van der Waals surface area contributed by atoms with E-state index >= 15 is 0 Å². The van der Waals surface area contributed by atoms with Crippen LogP contribution in [-0.4, -0.2) is 42.0 Å². The third kappa shape index (κ3) is 4.67. The highest BCUT2D eigenvalue weighted by Gasteiger charge is 2.26. The van der Waals surface area contributed by atoms with Gasteiger partial charge in [0.05, 0.1) is 10.7 Å². The lowest BCUT2D eigenvalue weighted by Crippen LogP contribution is -2.40. The Morgan fingerprint density at radius 2 is 2.00 bits per heavy atom. The van der Waals surface area contributed by atoms with Crippen molar-refractivity contribution >= 4 is 17.2 Å². The fourth-order valence-electron chi connectivity index (χ4n) is 3.33. The molecular formula is C20H27N3OS. The van der Waals surface area contributed by atoms with E-state index in [1.54, 1.807) is 11.3 Å². The Labute approximate surface area is 154 Å². The smallest absolute Gasteiger partial charge is 0.265 e. The molecule has 5 heteroatoms. The van der Waals surface area contributed by atoms with Gasteiger partial charge < -0.3 is 10.2 Å². The summed E-state index contributed by atoms with van der Waals surface area (Å²) in [5, 5.41) is 4.44. The molecule has 1 saturated heterocycles. The van der Waals surface area contributed by atoms with Crippen molar-refractivity contribution in [2.45, 2.75) is 33.1 Å². The Balaban J connectivity index is 1.61. The number of hydrogen-bond donors (Lipinski definition) is 1.